The quantitative estimate of drug-likeness (QED) is 0.830. The molecule has 2 N–H and O–H groups in total. The van der Waals surface area contributed by atoms with Crippen molar-refractivity contribution < 1.29 is 22.7 Å². The SMILES string of the molecule is COCc1ccccc1CNC(=O)NCc1ccc(C(F)(F)F)cc1. The minimum Gasteiger partial charge on any atom is -0.380 e. The van der Waals surface area contributed by atoms with Gasteiger partial charge < -0.3 is 15.4 Å². The van der Waals surface area contributed by atoms with Crippen molar-refractivity contribution in [3.05, 3.63) is 70.8 Å². The van der Waals surface area contributed by atoms with Crippen molar-refractivity contribution in [1.82, 2.24) is 10.6 Å². The van der Waals surface area contributed by atoms with Crippen molar-refractivity contribution in [2.24, 2.45) is 0 Å². The van der Waals surface area contributed by atoms with E-state index >= 15 is 0 Å². The standard InChI is InChI=1S/C18H19F3N2O2/c1-25-12-15-5-3-2-4-14(15)11-23-17(24)22-10-13-6-8-16(9-7-13)18(19,20)21/h2-9H,10-12H2,1H3,(H2,22,23,24). The Morgan fingerprint density at radius 2 is 1.56 bits per heavy atom. The van der Waals surface area contributed by atoms with Gasteiger partial charge in [-0.05, 0) is 28.8 Å². The minimum absolute atomic E-state index is 0.143. The van der Waals surface area contributed by atoms with E-state index in [-0.39, 0.29) is 6.54 Å². The Bertz CT molecular complexity index is 700. The average Bonchev–Trinajstić information content (AvgIpc) is 2.59. The summed E-state index contributed by atoms with van der Waals surface area (Å²) in [6, 6.07) is 11.9. The Labute approximate surface area is 144 Å². The number of urea groups is 1. The first-order valence-electron chi connectivity index (χ1n) is 7.63. The van der Waals surface area contributed by atoms with Gasteiger partial charge >= 0.3 is 12.2 Å². The van der Waals surface area contributed by atoms with Crippen LogP contribution in [0.3, 0.4) is 0 Å². The number of amides is 2. The summed E-state index contributed by atoms with van der Waals surface area (Å²) in [5, 5.41) is 5.33. The third-order valence-electron chi connectivity index (χ3n) is 3.59. The second-order valence-corrected chi connectivity index (χ2v) is 5.43. The molecule has 0 saturated heterocycles. The Morgan fingerprint density at radius 3 is 2.16 bits per heavy atom. The summed E-state index contributed by atoms with van der Waals surface area (Å²) in [6.07, 6.45) is -4.36. The monoisotopic (exact) mass is 352 g/mol. The van der Waals surface area contributed by atoms with Crippen LogP contribution in [0.15, 0.2) is 48.5 Å². The Morgan fingerprint density at radius 1 is 0.960 bits per heavy atom. The molecule has 2 aromatic rings. The van der Waals surface area contributed by atoms with Gasteiger partial charge in [-0.2, -0.15) is 13.2 Å². The molecule has 0 aliphatic heterocycles. The van der Waals surface area contributed by atoms with Crippen LogP contribution < -0.4 is 10.6 Å². The van der Waals surface area contributed by atoms with E-state index in [2.05, 4.69) is 10.6 Å². The molecule has 0 heterocycles. The maximum atomic E-state index is 12.5. The molecule has 134 valence electrons. The molecule has 0 unspecified atom stereocenters. The van der Waals surface area contributed by atoms with Crippen LogP contribution in [0.4, 0.5) is 18.0 Å². The molecule has 0 bridgehead atoms. The van der Waals surface area contributed by atoms with E-state index in [1.165, 1.54) is 12.1 Å². The van der Waals surface area contributed by atoms with Crippen LogP contribution in [0.25, 0.3) is 0 Å². The van der Waals surface area contributed by atoms with Crippen molar-refractivity contribution in [1.29, 1.82) is 0 Å². The van der Waals surface area contributed by atoms with Crippen LogP contribution in [0, 0.1) is 0 Å². The molecule has 0 fully saturated rings. The highest BCUT2D eigenvalue weighted by molar-refractivity contribution is 5.73. The third kappa shape index (κ3) is 5.79. The molecule has 0 radical (unpaired) electrons. The predicted molar refractivity (Wildman–Crippen MR) is 87.7 cm³/mol. The summed E-state index contributed by atoms with van der Waals surface area (Å²) < 4.78 is 42.6. The average molecular weight is 352 g/mol. The van der Waals surface area contributed by atoms with Gasteiger partial charge in [-0.25, -0.2) is 4.79 Å². The number of ether oxygens (including phenoxy) is 1. The zero-order valence-electron chi connectivity index (χ0n) is 13.7. The lowest BCUT2D eigenvalue weighted by Gasteiger charge is -2.11. The number of hydrogen-bond acceptors (Lipinski definition) is 2. The highest BCUT2D eigenvalue weighted by atomic mass is 19.4. The van der Waals surface area contributed by atoms with E-state index in [1.54, 1.807) is 7.11 Å². The fourth-order valence-corrected chi connectivity index (χ4v) is 2.26. The second-order valence-electron chi connectivity index (χ2n) is 5.43. The molecule has 0 saturated carbocycles. The Balaban J connectivity index is 1.83. The zero-order valence-corrected chi connectivity index (χ0v) is 13.7. The Hall–Kier alpha value is -2.54. The summed E-state index contributed by atoms with van der Waals surface area (Å²) >= 11 is 0. The number of carbonyl (C=O) groups is 1. The van der Waals surface area contributed by atoms with E-state index in [9.17, 15) is 18.0 Å². The van der Waals surface area contributed by atoms with Crippen molar-refractivity contribution in [2.45, 2.75) is 25.9 Å². The van der Waals surface area contributed by atoms with Gasteiger partial charge in [-0.15, -0.1) is 0 Å². The number of halogens is 3. The molecule has 7 heteroatoms. The normalized spacial score (nSPS) is 11.2. The van der Waals surface area contributed by atoms with Crippen molar-refractivity contribution >= 4 is 6.03 Å². The minimum atomic E-state index is -4.36. The number of rotatable bonds is 6. The van der Waals surface area contributed by atoms with Gasteiger partial charge in [0.1, 0.15) is 0 Å². The van der Waals surface area contributed by atoms with Gasteiger partial charge in [0.15, 0.2) is 0 Å². The number of carbonyl (C=O) groups excluding carboxylic acids is 1. The van der Waals surface area contributed by atoms with E-state index in [0.717, 1.165) is 23.3 Å². The Kier molecular flexibility index (Phi) is 6.41. The number of methoxy groups -OCH3 is 1. The lowest BCUT2D eigenvalue weighted by atomic mass is 10.1. The lowest BCUT2D eigenvalue weighted by molar-refractivity contribution is -0.137. The van der Waals surface area contributed by atoms with Crippen LogP contribution in [0.2, 0.25) is 0 Å². The van der Waals surface area contributed by atoms with E-state index < -0.39 is 17.8 Å². The molecule has 0 atom stereocenters. The number of hydrogen-bond donors (Lipinski definition) is 2. The van der Waals surface area contributed by atoms with Crippen molar-refractivity contribution in [2.75, 3.05) is 7.11 Å². The first-order valence-corrected chi connectivity index (χ1v) is 7.63. The van der Waals surface area contributed by atoms with E-state index in [1.807, 2.05) is 24.3 Å². The summed E-state index contributed by atoms with van der Waals surface area (Å²) in [5.74, 6) is 0. The smallest absolute Gasteiger partial charge is 0.380 e. The summed E-state index contributed by atoms with van der Waals surface area (Å²) in [4.78, 5) is 11.9. The highest BCUT2D eigenvalue weighted by Crippen LogP contribution is 2.29. The first kappa shape index (κ1) is 18.8. The molecule has 0 aliphatic rings. The maximum Gasteiger partial charge on any atom is 0.416 e. The third-order valence-corrected chi connectivity index (χ3v) is 3.59. The zero-order chi connectivity index (χ0) is 18.3. The lowest BCUT2D eigenvalue weighted by Crippen LogP contribution is -2.34. The molecule has 0 aromatic heterocycles. The number of benzene rings is 2. The predicted octanol–water partition coefficient (Wildman–Crippen LogP) is 3.85. The highest BCUT2D eigenvalue weighted by Gasteiger charge is 2.29. The van der Waals surface area contributed by atoms with Crippen LogP contribution in [-0.4, -0.2) is 13.1 Å². The van der Waals surface area contributed by atoms with Gasteiger partial charge in [0.05, 0.1) is 12.2 Å². The maximum absolute atomic E-state index is 12.5. The molecular formula is C18H19F3N2O2. The molecule has 0 spiro atoms. The van der Waals surface area contributed by atoms with E-state index in [4.69, 9.17) is 4.74 Å². The van der Waals surface area contributed by atoms with Crippen LogP contribution in [0.1, 0.15) is 22.3 Å². The number of alkyl halides is 3. The fourth-order valence-electron chi connectivity index (χ4n) is 2.26. The summed E-state index contributed by atoms with van der Waals surface area (Å²) in [7, 11) is 1.60. The molecule has 2 rings (SSSR count). The van der Waals surface area contributed by atoms with Crippen LogP contribution >= 0.6 is 0 Å². The topological polar surface area (TPSA) is 50.4 Å². The van der Waals surface area contributed by atoms with Gasteiger partial charge in [0.2, 0.25) is 0 Å². The molecular weight excluding hydrogens is 333 g/mol. The molecule has 0 aliphatic carbocycles. The van der Waals surface area contributed by atoms with Gasteiger partial charge in [0, 0.05) is 20.2 Å². The van der Waals surface area contributed by atoms with E-state index in [0.29, 0.717) is 18.7 Å². The van der Waals surface area contributed by atoms with Gasteiger partial charge in [0.25, 0.3) is 0 Å². The van der Waals surface area contributed by atoms with Crippen LogP contribution in [-0.2, 0) is 30.6 Å². The van der Waals surface area contributed by atoms with Crippen molar-refractivity contribution in [3.8, 4) is 0 Å². The first-order chi connectivity index (χ1) is 11.9. The largest absolute Gasteiger partial charge is 0.416 e. The molecule has 2 aromatic carbocycles. The summed E-state index contributed by atoms with van der Waals surface area (Å²) in [6.45, 7) is 0.924. The molecule has 2 amide bonds. The van der Waals surface area contributed by atoms with Gasteiger partial charge in [-0.1, -0.05) is 36.4 Å². The molecule has 4 nitrogen and oxygen atoms in total. The summed E-state index contributed by atoms with van der Waals surface area (Å²) in [5.41, 5.74) is 1.79. The number of nitrogens with one attached hydrogen (secondary N) is 2. The fraction of sp³-hybridized carbons (Fsp3) is 0.278. The van der Waals surface area contributed by atoms with Crippen molar-refractivity contribution in [3.63, 3.8) is 0 Å². The molecule has 25 heavy (non-hydrogen) atoms. The second kappa shape index (κ2) is 8.53. The van der Waals surface area contributed by atoms with Crippen LogP contribution in [0.5, 0.6) is 0 Å². The van der Waals surface area contributed by atoms with Gasteiger partial charge in [-0.3, -0.25) is 0 Å².